The summed E-state index contributed by atoms with van der Waals surface area (Å²) >= 11 is 0. The zero-order chi connectivity index (χ0) is 10.8. The molecular formula is C10H23N3O2. The smallest absolute Gasteiger partial charge is 0.0712 e. The van der Waals surface area contributed by atoms with E-state index in [0.717, 1.165) is 59.0 Å². The van der Waals surface area contributed by atoms with Crippen molar-refractivity contribution in [2.24, 2.45) is 5.73 Å². The minimum atomic E-state index is 0.365. The van der Waals surface area contributed by atoms with Gasteiger partial charge in [0, 0.05) is 26.2 Å². The Balaban J connectivity index is 0.000000162. The quantitative estimate of drug-likeness (QED) is 0.549. The molecule has 0 bridgehead atoms. The van der Waals surface area contributed by atoms with E-state index in [9.17, 15) is 0 Å². The van der Waals surface area contributed by atoms with Crippen LogP contribution >= 0.6 is 0 Å². The molecule has 0 aromatic rings. The summed E-state index contributed by atoms with van der Waals surface area (Å²) in [4.78, 5) is 0. The molecule has 5 heteroatoms. The van der Waals surface area contributed by atoms with E-state index in [-0.39, 0.29) is 0 Å². The number of morpholine rings is 2. The van der Waals surface area contributed by atoms with E-state index in [0.29, 0.717) is 6.10 Å². The van der Waals surface area contributed by atoms with Crippen LogP contribution in [-0.4, -0.2) is 58.6 Å². The Morgan fingerprint density at radius 1 is 1.07 bits per heavy atom. The minimum absolute atomic E-state index is 0.365. The van der Waals surface area contributed by atoms with Crippen molar-refractivity contribution in [3.63, 3.8) is 0 Å². The normalized spacial score (nSPS) is 26.6. The van der Waals surface area contributed by atoms with Crippen LogP contribution < -0.4 is 16.4 Å². The summed E-state index contributed by atoms with van der Waals surface area (Å²) in [7, 11) is 0. The molecule has 2 fully saturated rings. The molecule has 0 saturated carbocycles. The molecule has 2 aliphatic heterocycles. The monoisotopic (exact) mass is 217 g/mol. The van der Waals surface area contributed by atoms with Gasteiger partial charge in [0.05, 0.1) is 25.9 Å². The number of nitrogens with one attached hydrogen (secondary N) is 2. The fourth-order valence-corrected chi connectivity index (χ4v) is 1.51. The van der Waals surface area contributed by atoms with Gasteiger partial charge in [-0.1, -0.05) is 0 Å². The van der Waals surface area contributed by atoms with Gasteiger partial charge in [0.25, 0.3) is 0 Å². The van der Waals surface area contributed by atoms with Gasteiger partial charge in [0.15, 0.2) is 0 Å². The average Bonchev–Trinajstić information content (AvgIpc) is 2.34. The molecule has 0 radical (unpaired) electrons. The van der Waals surface area contributed by atoms with Crippen LogP contribution in [0.5, 0.6) is 0 Å². The molecular weight excluding hydrogens is 194 g/mol. The van der Waals surface area contributed by atoms with Crippen LogP contribution in [-0.2, 0) is 9.47 Å². The maximum Gasteiger partial charge on any atom is 0.0712 e. The summed E-state index contributed by atoms with van der Waals surface area (Å²) in [6, 6.07) is 0. The minimum Gasteiger partial charge on any atom is -0.379 e. The molecule has 4 N–H and O–H groups in total. The molecule has 15 heavy (non-hydrogen) atoms. The third kappa shape index (κ3) is 6.81. The number of hydrogen-bond acceptors (Lipinski definition) is 5. The van der Waals surface area contributed by atoms with E-state index in [4.69, 9.17) is 15.2 Å². The first kappa shape index (κ1) is 12.9. The summed E-state index contributed by atoms with van der Waals surface area (Å²) in [5.74, 6) is 0. The van der Waals surface area contributed by atoms with Gasteiger partial charge in [-0.25, -0.2) is 0 Å². The number of ether oxygens (including phenoxy) is 2. The lowest BCUT2D eigenvalue weighted by molar-refractivity contribution is 0.0252. The predicted molar refractivity (Wildman–Crippen MR) is 60.0 cm³/mol. The Labute approximate surface area is 91.7 Å². The Morgan fingerprint density at radius 2 is 1.80 bits per heavy atom. The second-order valence-corrected chi connectivity index (χ2v) is 3.64. The Morgan fingerprint density at radius 3 is 2.20 bits per heavy atom. The highest BCUT2D eigenvalue weighted by Crippen LogP contribution is 1.98. The molecule has 2 aliphatic rings. The van der Waals surface area contributed by atoms with Gasteiger partial charge in [-0.2, -0.15) is 0 Å². The zero-order valence-electron chi connectivity index (χ0n) is 9.34. The molecule has 2 rings (SSSR count). The van der Waals surface area contributed by atoms with Gasteiger partial charge in [-0.3, -0.25) is 0 Å². The first-order valence-electron chi connectivity index (χ1n) is 5.74. The first-order chi connectivity index (χ1) is 7.43. The van der Waals surface area contributed by atoms with Crippen LogP contribution in [0.3, 0.4) is 0 Å². The van der Waals surface area contributed by atoms with E-state index in [1.165, 1.54) is 0 Å². The summed E-state index contributed by atoms with van der Waals surface area (Å²) in [6.07, 6.45) is 1.34. The Kier molecular flexibility index (Phi) is 7.77. The standard InChI is InChI=1S/C6H14N2O.C4H9NO/c7-2-1-6-5-8-3-4-9-6;1-3-6-4-2-5-1/h6,8H,1-5,7H2;5H,1-4H2. The number of rotatable bonds is 2. The van der Waals surface area contributed by atoms with Crippen molar-refractivity contribution < 1.29 is 9.47 Å². The van der Waals surface area contributed by atoms with Crippen molar-refractivity contribution in [2.45, 2.75) is 12.5 Å². The third-order valence-electron chi connectivity index (χ3n) is 2.34. The molecule has 0 aromatic heterocycles. The van der Waals surface area contributed by atoms with Gasteiger partial charge in [-0.15, -0.1) is 0 Å². The molecule has 0 aromatic carbocycles. The van der Waals surface area contributed by atoms with Crippen molar-refractivity contribution in [3.05, 3.63) is 0 Å². The first-order valence-corrected chi connectivity index (χ1v) is 5.74. The summed E-state index contributed by atoms with van der Waals surface area (Å²) in [5, 5.41) is 6.40. The molecule has 1 atom stereocenters. The van der Waals surface area contributed by atoms with Gasteiger partial charge in [0.1, 0.15) is 0 Å². The van der Waals surface area contributed by atoms with E-state index < -0.39 is 0 Å². The lowest BCUT2D eigenvalue weighted by Gasteiger charge is -2.22. The van der Waals surface area contributed by atoms with Crippen LogP contribution in [0.25, 0.3) is 0 Å². The van der Waals surface area contributed by atoms with Crippen LogP contribution in [0, 0.1) is 0 Å². The highest BCUT2D eigenvalue weighted by molar-refractivity contribution is 4.66. The van der Waals surface area contributed by atoms with Crippen LogP contribution in [0.4, 0.5) is 0 Å². The highest BCUT2D eigenvalue weighted by Gasteiger charge is 2.10. The maximum absolute atomic E-state index is 5.38. The van der Waals surface area contributed by atoms with Crippen molar-refractivity contribution in [2.75, 3.05) is 52.5 Å². The SMILES string of the molecule is C1COCCN1.NCCC1CNCCO1. The highest BCUT2D eigenvalue weighted by atomic mass is 16.5. The second-order valence-electron chi connectivity index (χ2n) is 3.64. The van der Waals surface area contributed by atoms with Crippen molar-refractivity contribution in [1.29, 1.82) is 0 Å². The summed E-state index contributed by atoms with van der Waals surface area (Å²) < 4.78 is 10.4. The fourth-order valence-electron chi connectivity index (χ4n) is 1.51. The zero-order valence-corrected chi connectivity index (χ0v) is 9.34. The fraction of sp³-hybridized carbons (Fsp3) is 1.00. The van der Waals surface area contributed by atoms with Gasteiger partial charge in [-0.05, 0) is 13.0 Å². The van der Waals surface area contributed by atoms with Crippen molar-refractivity contribution in [1.82, 2.24) is 10.6 Å². The lowest BCUT2D eigenvalue weighted by atomic mass is 10.2. The third-order valence-corrected chi connectivity index (χ3v) is 2.34. The Hall–Kier alpha value is -0.200. The van der Waals surface area contributed by atoms with Gasteiger partial charge < -0.3 is 25.8 Å². The Bertz CT molecular complexity index is 122. The second kappa shape index (κ2) is 9.06. The molecule has 2 saturated heterocycles. The molecule has 90 valence electrons. The van der Waals surface area contributed by atoms with E-state index in [1.807, 2.05) is 0 Å². The van der Waals surface area contributed by atoms with E-state index in [1.54, 1.807) is 0 Å². The topological polar surface area (TPSA) is 68.5 Å². The molecule has 1 unspecified atom stereocenters. The predicted octanol–water partition coefficient (Wildman–Crippen LogP) is -1.07. The molecule has 5 nitrogen and oxygen atoms in total. The number of hydrogen-bond donors (Lipinski definition) is 3. The largest absolute Gasteiger partial charge is 0.379 e. The van der Waals surface area contributed by atoms with E-state index >= 15 is 0 Å². The molecule has 2 heterocycles. The molecule has 0 spiro atoms. The summed E-state index contributed by atoms with van der Waals surface area (Å²) in [6.45, 7) is 7.36. The molecule has 0 aliphatic carbocycles. The average molecular weight is 217 g/mol. The summed E-state index contributed by atoms with van der Waals surface area (Å²) in [5.41, 5.74) is 5.35. The lowest BCUT2D eigenvalue weighted by Crippen LogP contribution is -2.39. The number of nitrogens with two attached hydrogens (primary N) is 1. The van der Waals surface area contributed by atoms with Crippen LogP contribution in [0.1, 0.15) is 6.42 Å². The van der Waals surface area contributed by atoms with Gasteiger partial charge >= 0.3 is 0 Å². The van der Waals surface area contributed by atoms with Crippen molar-refractivity contribution in [3.8, 4) is 0 Å². The maximum atomic E-state index is 5.38. The van der Waals surface area contributed by atoms with E-state index in [2.05, 4.69) is 10.6 Å². The van der Waals surface area contributed by atoms with Crippen LogP contribution in [0.2, 0.25) is 0 Å². The van der Waals surface area contributed by atoms with Gasteiger partial charge in [0.2, 0.25) is 0 Å². The van der Waals surface area contributed by atoms with Crippen molar-refractivity contribution >= 4 is 0 Å². The van der Waals surface area contributed by atoms with Crippen LogP contribution in [0.15, 0.2) is 0 Å². The molecule has 0 amide bonds.